The maximum atomic E-state index is 10.8. The lowest BCUT2D eigenvalue weighted by Crippen LogP contribution is -2.15. The van der Waals surface area contributed by atoms with E-state index < -0.39 is 4.92 Å². The van der Waals surface area contributed by atoms with Gasteiger partial charge in [-0.1, -0.05) is 6.08 Å². The second-order valence-corrected chi connectivity index (χ2v) is 3.67. The van der Waals surface area contributed by atoms with E-state index in [-0.39, 0.29) is 11.7 Å². The Morgan fingerprint density at radius 3 is 2.94 bits per heavy atom. The molecule has 0 fully saturated rings. The third kappa shape index (κ3) is 3.31. The van der Waals surface area contributed by atoms with Crippen LogP contribution in [0.2, 0.25) is 0 Å². The SMILES string of the molecule is C=CCC(C)Nc1cc(C#N)ccc1[N+](=O)[O-]. The molecule has 5 heteroatoms. The molecule has 1 aromatic rings. The number of nitrogens with zero attached hydrogens (tertiary/aromatic N) is 2. The molecule has 17 heavy (non-hydrogen) atoms. The molecule has 1 atom stereocenters. The average Bonchev–Trinajstić information content (AvgIpc) is 2.28. The van der Waals surface area contributed by atoms with Gasteiger partial charge in [-0.15, -0.1) is 6.58 Å². The second-order valence-electron chi connectivity index (χ2n) is 3.67. The van der Waals surface area contributed by atoms with Crippen LogP contribution in [-0.2, 0) is 0 Å². The molecule has 0 aromatic heterocycles. The van der Waals surface area contributed by atoms with Crippen molar-refractivity contribution in [2.45, 2.75) is 19.4 Å². The number of benzene rings is 1. The Labute approximate surface area is 99.5 Å². The van der Waals surface area contributed by atoms with Crippen LogP contribution < -0.4 is 5.32 Å². The van der Waals surface area contributed by atoms with Gasteiger partial charge in [-0.25, -0.2) is 0 Å². The lowest BCUT2D eigenvalue weighted by Gasteiger charge is -2.13. The number of hydrogen-bond acceptors (Lipinski definition) is 4. The molecule has 0 heterocycles. The maximum Gasteiger partial charge on any atom is 0.292 e. The van der Waals surface area contributed by atoms with Gasteiger partial charge in [0.1, 0.15) is 5.69 Å². The summed E-state index contributed by atoms with van der Waals surface area (Å²) in [6, 6.07) is 6.23. The minimum atomic E-state index is -0.468. The Morgan fingerprint density at radius 2 is 2.41 bits per heavy atom. The molecular formula is C12H13N3O2. The summed E-state index contributed by atoms with van der Waals surface area (Å²) in [5.74, 6) is 0. The van der Waals surface area contributed by atoms with Gasteiger partial charge in [-0.05, 0) is 25.5 Å². The van der Waals surface area contributed by atoms with Crippen LogP contribution in [0.1, 0.15) is 18.9 Å². The standard InChI is InChI=1S/C12H13N3O2/c1-3-4-9(2)14-11-7-10(8-13)5-6-12(11)15(16)17/h3,5-7,9,14H,1,4H2,2H3. The molecule has 1 unspecified atom stereocenters. The smallest absolute Gasteiger partial charge is 0.292 e. The van der Waals surface area contributed by atoms with Gasteiger partial charge in [0.15, 0.2) is 0 Å². The van der Waals surface area contributed by atoms with E-state index >= 15 is 0 Å². The summed E-state index contributed by atoms with van der Waals surface area (Å²) in [6.45, 7) is 5.50. The molecule has 0 amide bonds. The minimum absolute atomic E-state index is 0.0279. The zero-order valence-corrected chi connectivity index (χ0v) is 9.51. The monoisotopic (exact) mass is 231 g/mol. The van der Waals surface area contributed by atoms with E-state index in [0.717, 1.165) is 0 Å². The van der Waals surface area contributed by atoms with Gasteiger partial charge in [0.25, 0.3) is 5.69 Å². The lowest BCUT2D eigenvalue weighted by molar-refractivity contribution is -0.384. The molecular weight excluding hydrogens is 218 g/mol. The van der Waals surface area contributed by atoms with Crippen LogP contribution in [0.5, 0.6) is 0 Å². The highest BCUT2D eigenvalue weighted by Crippen LogP contribution is 2.26. The summed E-state index contributed by atoms with van der Waals surface area (Å²) in [4.78, 5) is 10.4. The summed E-state index contributed by atoms with van der Waals surface area (Å²) >= 11 is 0. The third-order valence-electron chi connectivity index (χ3n) is 2.24. The van der Waals surface area contributed by atoms with E-state index in [1.807, 2.05) is 13.0 Å². The van der Waals surface area contributed by atoms with Crippen LogP contribution >= 0.6 is 0 Å². The Balaban J connectivity index is 3.05. The summed E-state index contributed by atoms with van der Waals surface area (Å²) < 4.78 is 0. The topological polar surface area (TPSA) is 79.0 Å². The van der Waals surface area contributed by atoms with Crippen molar-refractivity contribution in [1.82, 2.24) is 0 Å². The first kappa shape index (κ1) is 12.7. The first-order valence-corrected chi connectivity index (χ1v) is 5.14. The first-order chi connectivity index (χ1) is 8.08. The molecule has 5 nitrogen and oxygen atoms in total. The van der Waals surface area contributed by atoms with Gasteiger partial charge in [0, 0.05) is 12.1 Å². The van der Waals surface area contributed by atoms with Crippen molar-refractivity contribution >= 4 is 11.4 Å². The fourth-order valence-corrected chi connectivity index (χ4v) is 1.45. The van der Waals surface area contributed by atoms with Crippen molar-refractivity contribution in [3.63, 3.8) is 0 Å². The first-order valence-electron chi connectivity index (χ1n) is 5.14. The van der Waals surface area contributed by atoms with Crippen molar-refractivity contribution in [1.29, 1.82) is 5.26 Å². The van der Waals surface area contributed by atoms with Gasteiger partial charge in [0.05, 0.1) is 16.6 Å². The predicted molar refractivity (Wildman–Crippen MR) is 65.7 cm³/mol. The lowest BCUT2D eigenvalue weighted by atomic mass is 10.1. The molecule has 0 saturated carbocycles. The number of anilines is 1. The summed E-state index contributed by atoms with van der Waals surface area (Å²) in [7, 11) is 0. The zero-order chi connectivity index (χ0) is 12.8. The number of nitro benzene ring substituents is 1. The normalized spacial score (nSPS) is 11.3. The highest BCUT2D eigenvalue weighted by molar-refractivity contribution is 5.64. The molecule has 0 aliphatic carbocycles. The number of nitro groups is 1. The molecule has 88 valence electrons. The Hall–Kier alpha value is -2.35. The van der Waals surface area contributed by atoms with Crippen molar-refractivity contribution < 1.29 is 4.92 Å². The molecule has 0 aliphatic rings. The van der Waals surface area contributed by atoms with E-state index in [1.165, 1.54) is 18.2 Å². The third-order valence-corrected chi connectivity index (χ3v) is 2.24. The predicted octanol–water partition coefficient (Wildman–Crippen LogP) is 2.84. The highest BCUT2D eigenvalue weighted by Gasteiger charge is 2.15. The van der Waals surface area contributed by atoms with Crippen molar-refractivity contribution in [3.05, 3.63) is 46.5 Å². The molecule has 1 aromatic carbocycles. The highest BCUT2D eigenvalue weighted by atomic mass is 16.6. The largest absolute Gasteiger partial charge is 0.377 e. The number of nitrogens with one attached hydrogen (secondary N) is 1. The Kier molecular flexibility index (Phi) is 4.23. The molecule has 0 aliphatic heterocycles. The summed E-state index contributed by atoms with van der Waals surface area (Å²) in [6.07, 6.45) is 2.42. The summed E-state index contributed by atoms with van der Waals surface area (Å²) in [5, 5.41) is 22.6. The second kappa shape index (κ2) is 5.66. The van der Waals surface area contributed by atoms with E-state index in [2.05, 4.69) is 11.9 Å². The molecule has 1 N–H and O–H groups in total. The maximum absolute atomic E-state index is 10.8. The van der Waals surface area contributed by atoms with Crippen molar-refractivity contribution in [3.8, 4) is 6.07 Å². The molecule has 1 rings (SSSR count). The number of rotatable bonds is 5. The van der Waals surface area contributed by atoms with Gasteiger partial charge < -0.3 is 5.32 Å². The number of nitriles is 1. The minimum Gasteiger partial charge on any atom is -0.377 e. The van der Waals surface area contributed by atoms with Crippen LogP contribution in [0.15, 0.2) is 30.9 Å². The Morgan fingerprint density at radius 1 is 1.71 bits per heavy atom. The molecule has 0 bridgehead atoms. The van der Waals surface area contributed by atoms with Crippen molar-refractivity contribution in [2.24, 2.45) is 0 Å². The summed E-state index contributed by atoms with van der Waals surface area (Å²) in [5.41, 5.74) is 0.729. The van der Waals surface area contributed by atoms with Crippen LogP contribution in [0.25, 0.3) is 0 Å². The van der Waals surface area contributed by atoms with Crippen LogP contribution in [-0.4, -0.2) is 11.0 Å². The van der Waals surface area contributed by atoms with Gasteiger partial charge >= 0.3 is 0 Å². The van der Waals surface area contributed by atoms with E-state index in [4.69, 9.17) is 5.26 Å². The van der Waals surface area contributed by atoms with E-state index in [1.54, 1.807) is 6.08 Å². The molecule has 0 spiro atoms. The number of hydrogen-bond donors (Lipinski definition) is 1. The zero-order valence-electron chi connectivity index (χ0n) is 9.51. The molecule has 0 radical (unpaired) electrons. The quantitative estimate of drug-likeness (QED) is 0.480. The van der Waals surface area contributed by atoms with Crippen molar-refractivity contribution in [2.75, 3.05) is 5.32 Å². The van der Waals surface area contributed by atoms with Crippen LogP contribution in [0.3, 0.4) is 0 Å². The van der Waals surface area contributed by atoms with Crippen LogP contribution in [0.4, 0.5) is 11.4 Å². The van der Waals surface area contributed by atoms with E-state index in [0.29, 0.717) is 17.7 Å². The average molecular weight is 231 g/mol. The molecule has 0 saturated heterocycles. The van der Waals surface area contributed by atoms with E-state index in [9.17, 15) is 10.1 Å². The Bertz CT molecular complexity index is 477. The van der Waals surface area contributed by atoms with Gasteiger partial charge in [0.2, 0.25) is 0 Å². The van der Waals surface area contributed by atoms with Gasteiger partial charge in [-0.3, -0.25) is 10.1 Å². The van der Waals surface area contributed by atoms with Gasteiger partial charge in [-0.2, -0.15) is 5.26 Å². The fourth-order valence-electron chi connectivity index (χ4n) is 1.45. The van der Waals surface area contributed by atoms with Crippen LogP contribution in [0, 0.1) is 21.4 Å². The fraction of sp³-hybridized carbons (Fsp3) is 0.250.